The van der Waals surface area contributed by atoms with Gasteiger partial charge in [-0.1, -0.05) is 17.7 Å². The summed E-state index contributed by atoms with van der Waals surface area (Å²) in [7, 11) is 0. The van der Waals surface area contributed by atoms with Gasteiger partial charge in [0, 0.05) is 35.3 Å². The van der Waals surface area contributed by atoms with Gasteiger partial charge in [-0.25, -0.2) is 0 Å². The molecule has 0 atom stereocenters. The average Bonchev–Trinajstić information content (AvgIpc) is 3.04. The Balaban J connectivity index is 1.54. The molecule has 7 heteroatoms. The van der Waals surface area contributed by atoms with E-state index in [0.717, 1.165) is 23.9 Å². The van der Waals surface area contributed by atoms with E-state index in [4.69, 9.17) is 11.6 Å². The van der Waals surface area contributed by atoms with Crippen molar-refractivity contribution in [1.29, 1.82) is 0 Å². The highest BCUT2D eigenvalue weighted by Crippen LogP contribution is 2.29. The van der Waals surface area contributed by atoms with Crippen LogP contribution in [0, 0.1) is 10.1 Å². The minimum absolute atomic E-state index is 0.103. The van der Waals surface area contributed by atoms with Gasteiger partial charge in [0.1, 0.15) is 0 Å². The van der Waals surface area contributed by atoms with Crippen LogP contribution in [0.4, 0.5) is 5.69 Å². The van der Waals surface area contributed by atoms with Crippen molar-refractivity contribution in [3.8, 4) is 0 Å². The molecule has 0 fully saturated rings. The number of halogens is 1. The van der Waals surface area contributed by atoms with Crippen molar-refractivity contribution in [2.24, 2.45) is 0 Å². The molecule has 3 aromatic rings. The van der Waals surface area contributed by atoms with Crippen molar-refractivity contribution < 1.29 is 9.72 Å². The number of H-pyrrole nitrogens is 1. The van der Waals surface area contributed by atoms with Gasteiger partial charge in [-0.2, -0.15) is 0 Å². The quantitative estimate of drug-likeness (QED) is 0.512. The highest BCUT2D eigenvalue weighted by Gasteiger charge is 2.17. The second-order valence-corrected chi connectivity index (χ2v) is 7.18. The molecule has 1 heterocycles. The van der Waals surface area contributed by atoms with Gasteiger partial charge in [-0.15, -0.1) is 0 Å². The predicted molar refractivity (Wildman–Crippen MR) is 104 cm³/mol. The zero-order valence-electron chi connectivity index (χ0n) is 14.5. The number of aromatic amines is 1. The maximum absolute atomic E-state index is 12.4. The number of nitro groups is 1. The molecule has 1 aliphatic rings. The number of amides is 1. The number of hydrogen-bond donors (Lipinski definition) is 2. The third kappa shape index (κ3) is 3.40. The van der Waals surface area contributed by atoms with E-state index in [-0.39, 0.29) is 16.3 Å². The minimum atomic E-state index is -0.546. The Morgan fingerprint density at radius 1 is 1.19 bits per heavy atom. The van der Waals surface area contributed by atoms with Gasteiger partial charge in [-0.05, 0) is 55.0 Å². The van der Waals surface area contributed by atoms with E-state index in [2.05, 4.69) is 16.4 Å². The topological polar surface area (TPSA) is 88.0 Å². The smallest absolute Gasteiger partial charge is 0.270 e. The fourth-order valence-corrected chi connectivity index (χ4v) is 3.84. The van der Waals surface area contributed by atoms with Gasteiger partial charge < -0.3 is 10.3 Å². The molecule has 0 aliphatic heterocycles. The summed E-state index contributed by atoms with van der Waals surface area (Å²) in [6.45, 7) is 0.327. The van der Waals surface area contributed by atoms with Crippen molar-refractivity contribution in [1.82, 2.24) is 10.3 Å². The molecule has 0 radical (unpaired) electrons. The van der Waals surface area contributed by atoms with E-state index in [1.807, 2.05) is 12.1 Å². The SMILES string of the molecule is O=C(NCc1ccc2[nH]c3c(c2c1)CCCC3)c1cc([N+](=O)[O-])ccc1Cl. The van der Waals surface area contributed by atoms with Crippen molar-refractivity contribution >= 4 is 34.1 Å². The summed E-state index contributed by atoms with van der Waals surface area (Å²) < 4.78 is 0. The molecular weight excluding hydrogens is 366 g/mol. The third-order valence-electron chi connectivity index (χ3n) is 5.02. The van der Waals surface area contributed by atoms with Crippen molar-refractivity contribution in [2.45, 2.75) is 32.2 Å². The number of nitrogens with zero attached hydrogens (tertiary/aromatic N) is 1. The molecule has 27 heavy (non-hydrogen) atoms. The van der Waals surface area contributed by atoms with E-state index in [1.165, 1.54) is 47.7 Å². The summed E-state index contributed by atoms with van der Waals surface area (Å²) in [5.74, 6) is -0.431. The Morgan fingerprint density at radius 3 is 2.81 bits per heavy atom. The predicted octanol–water partition coefficient (Wildman–Crippen LogP) is 4.54. The summed E-state index contributed by atoms with van der Waals surface area (Å²) >= 11 is 6.03. The molecule has 138 valence electrons. The van der Waals surface area contributed by atoms with Crippen LogP contribution in [0.25, 0.3) is 10.9 Å². The summed E-state index contributed by atoms with van der Waals surface area (Å²) in [6.07, 6.45) is 4.58. The lowest BCUT2D eigenvalue weighted by molar-refractivity contribution is -0.384. The minimum Gasteiger partial charge on any atom is -0.358 e. The van der Waals surface area contributed by atoms with Gasteiger partial charge in [0.25, 0.3) is 11.6 Å². The number of carbonyl (C=O) groups is 1. The zero-order valence-corrected chi connectivity index (χ0v) is 15.3. The molecule has 2 aromatic carbocycles. The van der Waals surface area contributed by atoms with Crippen LogP contribution in [0.1, 0.15) is 40.0 Å². The first-order valence-electron chi connectivity index (χ1n) is 8.87. The van der Waals surface area contributed by atoms with Gasteiger partial charge >= 0.3 is 0 Å². The molecule has 1 aromatic heterocycles. The number of hydrogen-bond acceptors (Lipinski definition) is 3. The van der Waals surface area contributed by atoms with Crippen LogP contribution in [0.2, 0.25) is 5.02 Å². The van der Waals surface area contributed by atoms with E-state index in [1.54, 1.807) is 0 Å². The number of aryl methyl sites for hydroxylation is 2. The van der Waals surface area contributed by atoms with Gasteiger partial charge in [0.15, 0.2) is 0 Å². The number of rotatable bonds is 4. The Morgan fingerprint density at radius 2 is 2.00 bits per heavy atom. The standard InChI is InChI=1S/C20H18ClN3O3/c21-17-7-6-13(24(26)27)10-16(17)20(25)22-11-12-5-8-19-15(9-12)14-3-1-2-4-18(14)23-19/h5-10,23H,1-4,11H2,(H,22,25). The van der Waals surface area contributed by atoms with E-state index in [9.17, 15) is 14.9 Å². The van der Waals surface area contributed by atoms with E-state index >= 15 is 0 Å². The van der Waals surface area contributed by atoms with E-state index in [0.29, 0.717) is 6.54 Å². The van der Waals surface area contributed by atoms with Crippen LogP contribution < -0.4 is 5.32 Å². The molecule has 0 unspecified atom stereocenters. The summed E-state index contributed by atoms with van der Waals surface area (Å²) in [5.41, 5.74) is 4.74. The second kappa shape index (κ2) is 7.04. The first-order chi connectivity index (χ1) is 13.0. The number of carbonyl (C=O) groups excluding carboxylic acids is 1. The first-order valence-corrected chi connectivity index (χ1v) is 9.25. The Hall–Kier alpha value is -2.86. The lowest BCUT2D eigenvalue weighted by Gasteiger charge is -2.11. The molecule has 0 saturated carbocycles. The lowest BCUT2D eigenvalue weighted by atomic mass is 9.95. The zero-order chi connectivity index (χ0) is 19.0. The second-order valence-electron chi connectivity index (χ2n) is 6.77. The Bertz CT molecular complexity index is 1060. The number of nitrogens with one attached hydrogen (secondary N) is 2. The fraction of sp³-hybridized carbons (Fsp3) is 0.250. The molecular formula is C20H18ClN3O3. The fourth-order valence-electron chi connectivity index (χ4n) is 3.64. The van der Waals surface area contributed by atoms with Gasteiger partial charge in [0.05, 0.1) is 15.5 Å². The normalized spacial score (nSPS) is 13.4. The van der Waals surface area contributed by atoms with Crippen LogP contribution in [-0.2, 0) is 19.4 Å². The van der Waals surface area contributed by atoms with Gasteiger partial charge in [-0.3, -0.25) is 14.9 Å². The number of benzene rings is 2. The van der Waals surface area contributed by atoms with Crippen LogP contribution in [0.5, 0.6) is 0 Å². The Kier molecular flexibility index (Phi) is 4.58. The van der Waals surface area contributed by atoms with Crippen molar-refractivity contribution in [3.63, 3.8) is 0 Å². The molecule has 6 nitrogen and oxygen atoms in total. The highest BCUT2D eigenvalue weighted by molar-refractivity contribution is 6.33. The molecule has 1 aliphatic carbocycles. The number of aromatic nitrogens is 1. The molecule has 1 amide bonds. The van der Waals surface area contributed by atoms with Crippen LogP contribution in [0.15, 0.2) is 36.4 Å². The third-order valence-corrected chi connectivity index (χ3v) is 5.35. The first kappa shape index (κ1) is 17.5. The maximum atomic E-state index is 12.4. The largest absolute Gasteiger partial charge is 0.358 e. The molecule has 0 bridgehead atoms. The summed E-state index contributed by atoms with van der Waals surface area (Å²) in [4.78, 5) is 26.3. The van der Waals surface area contributed by atoms with Crippen molar-refractivity contribution in [2.75, 3.05) is 0 Å². The molecule has 2 N–H and O–H groups in total. The number of nitro benzene ring substituents is 1. The summed E-state index contributed by atoms with van der Waals surface area (Å²) in [5, 5.41) is 15.1. The van der Waals surface area contributed by atoms with Gasteiger partial charge in [0.2, 0.25) is 0 Å². The average molecular weight is 384 g/mol. The lowest BCUT2D eigenvalue weighted by Crippen LogP contribution is -2.23. The number of non-ortho nitro benzene ring substituents is 1. The molecule has 0 saturated heterocycles. The maximum Gasteiger partial charge on any atom is 0.270 e. The monoisotopic (exact) mass is 383 g/mol. The van der Waals surface area contributed by atoms with Crippen LogP contribution in [0.3, 0.4) is 0 Å². The van der Waals surface area contributed by atoms with E-state index < -0.39 is 10.8 Å². The van der Waals surface area contributed by atoms with Crippen LogP contribution >= 0.6 is 11.6 Å². The highest BCUT2D eigenvalue weighted by atomic mass is 35.5. The number of fused-ring (bicyclic) bond motifs is 3. The molecule has 4 rings (SSSR count). The molecule has 0 spiro atoms. The van der Waals surface area contributed by atoms with Crippen molar-refractivity contribution in [3.05, 3.63) is 73.9 Å². The Labute approximate surface area is 160 Å². The summed E-state index contributed by atoms with van der Waals surface area (Å²) in [6, 6.07) is 9.96. The van der Waals surface area contributed by atoms with Crippen LogP contribution in [-0.4, -0.2) is 15.8 Å².